The lowest BCUT2D eigenvalue weighted by atomic mass is 10.2. The molecule has 5 rings (SSSR count). The predicted molar refractivity (Wildman–Crippen MR) is 105 cm³/mol. The van der Waals surface area contributed by atoms with Gasteiger partial charge in [-0.25, -0.2) is 28.5 Å². The molecule has 31 heavy (non-hydrogen) atoms. The van der Waals surface area contributed by atoms with Crippen molar-refractivity contribution in [3.05, 3.63) is 64.0 Å². The van der Waals surface area contributed by atoms with Gasteiger partial charge in [0.15, 0.2) is 11.5 Å². The Kier molecular flexibility index (Phi) is 4.27. The van der Waals surface area contributed by atoms with E-state index in [2.05, 4.69) is 20.1 Å². The van der Waals surface area contributed by atoms with Crippen LogP contribution in [0.4, 0.5) is 13.2 Å². The Morgan fingerprint density at radius 1 is 1.10 bits per heavy atom. The standard InChI is InChI=1S/C18H7Cl2F3N6O2/c19-9-2-1-3-24-15(9)29-13(6-14(27-29)18(21,22)23)16-26-10-5-11-12(28(20)7-25-11)4-8(10)17(30)31-16/h1-7H. The smallest absolute Gasteiger partial charge is 0.401 e. The van der Waals surface area contributed by atoms with Crippen molar-refractivity contribution in [1.82, 2.24) is 28.8 Å². The van der Waals surface area contributed by atoms with Crippen LogP contribution in [0.15, 0.2) is 52.1 Å². The predicted octanol–water partition coefficient (Wildman–Crippen LogP) is 4.46. The van der Waals surface area contributed by atoms with Crippen molar-refractivity contribution in [2.24, 2.45) is 0 Å². The van der Waals surface area contributed by atoms with Gasteiger partial charge < -0.3 is 4.42 Å². The Hall–Kier alpha value is -3.44. The molecule has 4 aromatic heterocycles. The second-order valence-corrected chi connectivity index (χ2v) is 7.12. The molecule has 0 bridgehead atoms. The third kappa shape index (κ3) is 3.22. The molecule has 0 spiro atoms. The number of nitrogens with zero attached hydrogens (tertiary/aromatic N) is 6. The first kappa shape index (κ1) is 19.5. The molecule has 0 radical (unpaired) electrons. The van der Waals surface area contributed by atoms with Gasteiger partial charge in [-0.1, -0.05) is 11.6 Å². The number of rotatable bonds is 2. The van der Waals surface area contributed by atoms with Gasteiger partial charge in [0.05, 0.1) is 27.0 Å². The third-order valence-corrected chi connectivity index (χ3v) is 4.98. The van der Waals surface area contributed by atoms with Crippen LogP contribution in [-0.4, -0.2) is 28.8 Å². The summed E-state index contributed by atoms with van der Waals surface area (Å²) >= 11 is 12.1. The van der Waals surface area contributed by atoms with Gasteiger partial charge in [-0.3, -0.25) is 0 Å². The third-order valence-electron chi connectivity index (χ3n) is 4.41. The number of pyridine rings is 1. The Labute approximate surface area is 179 Å². The fourth-order valence-electron chi connectivity index (χ4n) is 3.02. The van der Waals surface area contributed by atoms with Gasteiger partial charge in [0.2, 0.25) is 5.89 Å². The van der Waals surface area contributed by atoms with E-state index >= 15 is 0 Å². The molecule has 0 fully saturated rings. The molecule has 8 nitrogen and oxygen atoms in total. The summed E-state index contributed by atoms with van der Waals surface area (Å²) in [5, 5.41) is 3.68. The zero-order valence-electron chi connectivity index (χ0n) is 14.9. The van der Waals surface area contributed by atoms with Crippen LogP contribution < -0.4 is 5.63 Å². The van der Waals surface area contributed by atoms with E-state index in [0.717, 1.165) is 4.68 Å². The van der Waals surface area contributed by atoms with Gasteiger partial charge in [-0.15, -0.1) is 0 Å². The van der Waals surface area contributed by atoms with Crippen LogP contribution in [0.25, 0.3) is 39.3 Å². The van der Waals surface area contributed by atoms with Gasteiger partial charge in [0, 0.05) is 24.0 Å². The summed E-state index contributed by atoms with van der Waals surface area (Å²) in [7, 11) is 0. The first-order valence-corrected chi connectivity index (χ1v) is 9.20. The molecule has 0 aliphatic rings. The maximum Gasteiger partial charge on any atom is 0.435 e. The highest BCUT2D eigenvalue weighted by molar-refractivity contribution is 6.32. The fourth-order valence-corrected chi connectivity index (χ4v) is 3.40. The lowest BCUT2D eigenvalue weighted by molar-refractivity contribution is -0.141. The van der Waals surface area contributed by atoms with Crippen molar-refractivity contribution in [2.45, 2.75) is 6.18 Å². The second-order valence-electron chi connectivity index (χ2n) is 6.35. The van der Waals surface area contributed by atoms with Gasteiger partial charge in [0.25, 0.3) is 0 Å². The van der Waals surface area contributed by atoms with Crippen LogP contribution in [0, 0.1) is 0 Å². The summed E-state index contributed by atoms with van der Waals surface area (Å²) in [6, 6.07) is 6.56. The van der Waals surface area contributed by atoms with Crippen molar-refractivity contribution < 1.29 is 17.6 Å². The van der Waals surface area contributed by atoms with E-state index in [4.69, 9.17) is 27.8 Å². The Morgan fingerprint density at radius 3 is 2.65 bits per heavy atom. The van der Waals surface area contributed by atoms with E-state index in [0.29, 0.717) is 17.1 Å². The van der Waals surface area contributed by atoms with Crippen LogP contribution in [-0.2, 0) is 6.18 Å². The van der Waals surface area contributed by atoms with Gasteiger partial charge in [-0.2, -0.15) is 18.3 Å². The Morgan fingerprint density at radius 2 is 1.90 bits per heavy atom. The summed E-state index contributed by atoms with van der Waals surface area (Å²) in [6.45, 7) is 0. The summed E-state index contributed by atoms with van der Waals surface area (Å²) in [6.07, 6.45) is -2.09. The molecule has 0 unspecified atom stereocenters. The number of halogens is 5. The second kappa shape index (κ2) is 6.79. The van der Waals surface area contributed by atoms with E-state index in [1.807, 2.05) is 0 Å². The summed E-state index contributed by atoms with van der Waals surface area (Å²) < 4.78 is 47.3. The zero-order chi connectivity index (χ0) is 21.9. The topological polar surface area (TPSA) is 91.6 Å². The maximum atomic E-state index is 13.4. The molecule has 4 heterocycles. The minimum atomic E-state index is -4.77. The van der Waals surface area contributed by atoms with Crippen molar-refractivity contribution in [3.63, 3.8) is 0 Å². The largest absolute Gasteiger partial charge is 0.435 e. The average molecular weight is 467 g/mol. The molecule has 0 N–H and O–H groups in total. The van der Waals surface area contributed by atoms with E-state index in [-0.39, 0.29) is 27.4 Å². The fraction of sp³-hybridized carbons (Fsp3) is 0.0556. The summed E-state index contributed by atoms with van der Waals surface area (Å²) in [5.74, 6) is -0.484. The van der Waals surface area contributed by atoms with E-state index in [1.54, 1.807) is 0 Å². The number of hydrogen-bond acceptors (Lipinski definition) is 6. The van der Waals surface area contributed by atoms with Gasteiger partial charge in [-0.05, 0) is 24.3 Å². The van der Waals surface area contributed by atoms with Crippen LogP contribution >= 0.6 is 23.4 Å². The van der Waals surface area contributed by atoms with Crippen LogP contribution in [0.1, 0.15) is 5.69 Å². The minimum Gasteiger partial charge on any atom is -0.401 e. The summed E-state index contributed by atoms with van der Waals surface area (Å²) in [4.78, 5) is 24.9. The highest BCUT2D eigenvalue weighted by Gasteiger charge is 2.36. The molecule has 1 aromatic carbocycles. The molecule has 0 amide bonds. The summed E-state index contributed by atoms with van der Waals surface area (Å²) in [5.41, 5.74) is -1.28. The number of fused-ring (bicyclic) bond motifs is 2. The molecule has 0 atom stereocenters. The van der Waals surface area contributed by atoms with Crippen molar-refractivity contribution in [2.75, 3.05) is 0 Å². The zero-order valence-corrected chi connectivity index (χ0v) is 16.4. The highest BCUT2D eigenvalue weighted by Crippen LogP contribution is 2.33. The highest BCUT2D eigenvalue weighted by atomic mass is 35.5. The minimum absolute atomic E-state index is 0.0399. The monoisotopic (exact) mass is 466 g/mol. The Bertz CT molecular complexity index is 1540. The molecule has 5 aromatic rings. The molecule has 0 saturated heterocycles. The van der Waals surface area contributed by atoms with E-state index in [9.17, 15) is 18.0 Å². The van der Waals surface area contributed by atoms with Crippen molar-refractivity contribution in [1.29, 1.82) is 0 Å². The average Bonchev–Trinajstić information content (AvgIpc) is 3.31. The van der Waals surface area contributed by atoms with Crippen LogP contribution in [0.5, 0.6) is 0 Å². The number of benzene rings is 1. The normalized spacial score (nSPS) is 12.2. The lowest BCUT2D eigenvalue weighted by Gasteiger charge is -2.07. The number of aromatic nitrogens is 6. The quantitative estimate of drug-likeness (QED) is 0.381. The number of imidazole rings is 1. The van der Waals surface area contributed by atoms with Gasteiger partial charge in [0.1, 0.15) is 12.0 Å². The van der Waals surface area contributed by atoms with Crippen LogP contribution in [0.2, 0.25) is 5.02 Å². The van der Waals surface area contributed by atoms with Crippen LogP contribution in [0.3, 0.4) is 0 Å². The number of hydrogen-bond donors (Lipinski definition) is 0. The SMILES string of the molecule is O=c1oc(-c2cc(C(F)(F)F)nn2-c2ncccc2Cl)nc2cc3ncn(Cl)c3cc12. The van der Waals surface area contributed by atoms with Crippen molar-refractivity contribution in [3.8, 4) is 17.4 Å². The lowest BCUT2D eigenvalue weighted by Crippen LogP contribution is -2.09. The molecule has 13 heteroatoms. The first-order chi connectivity index (χ1) is 14.7. The number of alkyl halides is 3. The maximum absolute atomic E-state index is 13.4. The Balaban J connectivity index is 1.79. The van der Waals surface area contributed by atoms with Crippen molar-refractivity contribution >= 4 is 45.3 Å². The van der Waals surface area contributed by atoms with E-state index < -0.39 is 23.4 Å². The first-order valence-electron chi connectivity index (χ1n) is 8.49. The molecular weight excluding hydrogens is 460 g/mol. The molecule has 0 saturated carbocycles. The molecular formula is C18H7Cl2F3N6O2. The molecule has 0 aliphatic heterocycles. The van der Waals surface area contributed by atoms with Gasteiger partial charge >= 0.3 is 11.8 Å². The molecule has 156 valence electrons. The van der Waals surface area contributed by atoms with E-state index in [1.165, 1.54) is 40.9 Å². The molecule has 0 aliphatic carbocycles.